The topological polar surface area (TPSA) is 83.8 Å². The van der Waals surface area contributed by atoms with Gasteiger partial charge in [0.25, 0.3) is 0 Å². The van der Waals surface area contributed by atoms with Gasteiger partial charge in [-0.1, -0.05) is 52.0 Å². The molecule has 0 aliphatic heterocycles. The Morgan fingerprint density at radius 3 is 1.82 bits per heavy atom. The van der Waals surface area contributed by atoms with E-state index in [0.29, 0.717) is 10.8 Å². The van der Waals surface area contributed by atoms with Gasteiger partial charge in [-0.2, -0.15) is 0 Å². The number of aromatic hydroxyl groups is 1. The van der Waals surface area contributed by atoms with E-state index < -0.39 is 17.7 Å². The molecule has 28 heavy (non-hydrogen) atoms. The number of ether oxygens (including phenoxy) is 1. The van der Waals surface area contributed by atoms with Crippen LogP contribution in [0.2, 0.25) is 0 Å². The number of carboxylic acid groups (broad SMARTS) is 1. The van der Waals surface area contributed by atoms with Crippen molar-refractivity contribution in [2.45, 2.75) is 58.3 Å². The highest BCUT2D eigenvalue weighted by Gasteiger charge is 2.36. The summed E-state index contributed by atoms with van der Waals surface area (Å²) in [6, 6.07) is 12.5. The summed E-state index contributed by atoms with van der Waals surface area (Å²) in [5, 5.41) is 17.8. The van der Waals surface area contributed by atoms with Crippen LogP contribution >= 0.6 is 0 Å². The maximum absolute atomic E-state index is 10.5. The zero-order chi connectivity index (χ0) is 21.1. The Morgan fingerprint density at radius 1 is 0.929 bits per heavy atom. The average Bonchev–Trinajstić information content (AvgIpc) is 2.59. The number of carbonyl (C=O) groups is 2. The monoisotopic (exact) mass is 384 g/mol. The molecule has 0 unspecified atom stereocenters. The molecule has 0 aromatic heterocycles. The van der Waals surface area contributed by atoms with Gasteiger partial charge in [0, 0.05) is 13.0 Å². The minimum atomic E-state index is -1.24. The minimum Gasteiger partial charge on any atom is -0.507 e. The van der Waals surface area contributed by atoms with Gasteiger partial charge in [-0.15, -0.1) is 0 Å². The second-order valence-corrected chi connectivity index (χ2v) is 8.39. The summed E-state index contributed by atoms with van der Waals surface area (Å²) in [5.74, 6) is -2.10. The fourth-order valence-electron chi connectivity index (χ4n) is 3.48. The highest BCUT2D eigenvalue weighted by molar-refractivity contribution is 5.91. The van der Waals surface area contributed by atoms with Crippen molar-refractivity contribution in [3.05, 3.63) is 59.2 Å². The third-order valence-electron chi connectivity index (χ3n) is 5.22. The van der Waals surface area contributed by atoms with E-state index in [4.69, 9.17) is 5.11 Å². The number of phenols is 1. The largest absolute Gasteiger partial charge is 0.507 e. The molecule has 0 spiro atoms. The van der Waals surface area contributed by atoms with Gasteiger partial charge in [-0.05, 0) is 46.9 Å². The van der Waals surface area contributed by atoms with Gasteiger partial charge in [-0.25, -0.2) is 4.79 Å². The summed E-state index contributed by atoms with van der Waals surface area (Å²) >= 11 is 0. The van der Waals surface area contributed by atoms with Crippen molar-refractivity contribution in [1.82, 2.24) is 0 Å². The Labute approximate surface area is 166 Å². The first kappa shape index (κ1) is 21.5. The van der Waals surface area contributed by atoms with Crippen molar-refractivity contribution in [2.24, 2.45) is 0 Å². The molecule has 1 aliphatic carbocycles. The van der Waals surface area contributed by atoms with Gasteiger partial charge in [0.15, 0.2) is 0 Å². The summed E-state index contributed by atoms with van der Waals surface area (Å²) in [6.07, 6.45) is 2.61. The Bertz CT molecular complexity index is 845. The van der Waals surface area contributed by atoms with Crippen LogP contribution in [0.1, 0.15) is 68.9 Å². The molecule has 0 saturated carbocycles. The zero-order valence-corrected chi connectivity index (χ0v) is 17.1. The predicted octanol–water partition coefficient (Wildman–Crippen LogP) is 5.05. The highest BCUT2D eigenvalue weighted by Crippen LogP contribution is 2.45. The number of fused-ring (bicyclic) bond motifs is 1. The van der Waals surface area contributed by atoms with Crippen LogP contribution in [0.15, 0.2) is 42.5 Å². The van der Waals surface area contributed by atoms with E-state index in [1.807, 2.05) is 0 Å². The number of carboxylic acids is 1. The van der Waals surface area contributed by atoms with Gasteiger partial charge in [0.05, 0.1) is 0 Å². The molecule has 5 nitrogen and oxygen atoms in total. The number of rotatable bonds is 2. The van der Waals surface area contributed by atoms with Crippen molar-refractivity contribution in [3.8, 4) is 11.5 Å². The van der Waals surface area contributed by atoms with Gasteiger partial charge in [0.1, 0.15) is 17.1 Å². The molecule has 0 heterocycles. The second kappa shape index (κ2) is 8.05. The smallest absolute Gasteiger partial charge is 0.339 e. The number of benzene rings is 2. The van der Waals surface area contributed by atoms with Crippen LogP contribution in [0.25, 0.3) is 0 Å². The minimum absolute atomic E-state index is 0.111. The van der Waals surface area contributed by atoms with Crippen LogP contribution in [-0.4, -0.2) is 22.2 Å². The molecule has 0 radical (unpaired) electrons. The van der Waals surface area contributed by atoms with Gasteiger partial charge in [-0.3, -0.25) is 4.79 Å². The van der Waals surface area contributed by atoms with E-state index in [9.17, 15) is 14.7 Å². The standard InChI is InChI=1S/C14H20.C9H8O5/c1-13(2)9-10-14(3,4)12-8-6-5-7-11(12)13;1-5(10)14-6-2-3-7(9(12)13)8(11)4-6/h5-8H,9-10H2,1-4H3;2-4,11H,1H3,(H,12,13). The Morgan fingerprint density at radius 2 is 1.43 bits per heavy atom. The molecular weight excluding hydrogens is 356 g/mol. The molecule has 0 amide bonds. The number of aromatic carboxylic acids is 1. The average molecular weight is 384 g/mol. The van der Waals surface area contributed by atoms with Crippen molar-refractivity contribution in [3.63, 3.8) is 0 Å². The predicted molar refractivity (Wildman–Crippen MR) is 108 cm³/mol. The van der Waals surface area contributed by atoms with Gasteiger partial charge >= 0.3 is 11.9 Å². The van der Waals surface area contributed by atoms with E-state index in [2.05, 4.69) is 56.7 Å². The lowest BCUT2D eigenvalue weighted by atomic mass is 9.63. The molecule has 0 fully saturated rings. The van der Waals surface area contributed by atoms with E-state index in [1.54, 1.807) is 11.1 Å². The van der Waals surface area contributed by atoms with Crippen LogP contribution in [0.4, 0.5) is 0 Å². The van der Waals surface area contributed by atoms with Gasteiger partial charge in [0.2, 0.25) is 0 Å². The molecule has 150 valence electrons. The third kappa shape index (κ3) is 4.91. The van der Waals surface area contributed by atoms with Crippen LogP contribution in [0, 0.1) is 0 Å². The van der Waals surface area contributed by atoms with Crippen LogP contribution in [-0.2, 0) is 15.6 Å². The lowest BCUT2D eigenvalue weighted by Crippen LogP contribution is -2.33. The molecule has 1 aliphatic rings. The number of esters is 1. The lowest BCUT2D eigenvalue weighted by Gasteiger charge is -2.41. The Kier molecular flexibility index (Phi) is 6.17. The first-order valence-corrected chi connectivity index (χ1v) is 9.29. The maximum atomic E-state index is 10.5. The van der Waals surface area contributed by atoms with E-state index >= 15 is 0 Å². The quantitative estimate of drug-likeness (QED) is 0.559. The second-order valence-electron chi connectivity index (χ2n) is 8.39. The molecule has 3 rings (SSSR count). The summed E-state index contributed by atoms with van der Waals surface area (Å²) < 4.78 is 4.64. The Balaban J connectivity index is 0.000000200. The Hall–Kier alpha value is -2.82. The molecule has 2 aromatic carbocycles. The zero-order valence-electron chi connectivity index (χ0n) is 17.1. The summed E-state index contributed by atoms with van der Waals surface area (Å²) in [5.41, 5.74) is 3.60. The lowest BCUT2D eigenvalue weighted by molar-refractivity contribution is -0.131. The van der Waals surface area contributed by atoms with Crippen LogP contribution < -0.4 is 4.74 Å². The van der Waals surface area contributed by atoms with Crippen molar-refractivity contribution in [2.75, 3.05) is 0 Å². The van der Waals surface area contributed by atoms with Crippen LogP contribution in [0.5, 0.6) is 11.5 Å². The summed E-state index contributed by atoms with van der Waals surface area (Å²) in [7, 11) is 0. The molecule has 2 N–H and O–H groups in total. The van der Waals surface area contributed by atoms with Crippen molar-refractivity contribution >= 4 is 11.9 Å². The van der Waals surface area contributed by atoms with Gasteiger partial charge < -0.3 is 14.9 Å². The van der Waals surface area contributed by atoms with Crippen molar-refractivity contribution in [1.29, 1.82) is 0 Å². The summed E-state index contributed by atoms with van der Waals surface area (Å²) in [6.45, 7) is 10.7. The molecule has 5 heteroatoms. The van der Waals surface area contributed by atoms with E-state index in [-0.39, 0.29) is 11.3 Å². The maximum Gasteiger partial charge on any atom is 0.339 e. The number of hydrogen-bond acceptors (Lipinski definition) is 4. The van der Waals surface area contributed by atoms with E-state index in [1.165, 1.54) is 25.8 Å². The fraction of sp³-hybridized carbons (Fsp3) is 0.391. The highest BCUT2D eigenvalue weighted by atomic mass is 16.5. The van der Waals surface area contributed by atoms with Crippen LogP contribution in [0.3, 0.4) is 0 Å². The first-order chi connectivity index (χ1) is 12.9. The number of hydrogen-bond donors (Lipinski definition) is 2. The summed E-state index contributed by atoms with van der Waals surface area (Å²) in [4.78, 5) is 21.0. The third-order valence-corrected chi connectivity index (χ3v) is 5.22. The first-order valence-electron chi connectivity index (χ1n) is 9.29. The fourth-order valence-corrected chi connectivity index (χ4v) is 3.48. The molecule has 2 aromatic rings. The molecular formula is C23H28O5. The normalized spacial score (nSPS) is 16.2. The van der Waals surface area contributed by atoms with E-state index in [0.717, 1.165) is 12.1 Å². The SMILES string of the molecule is CC(=O)Oc1ccc(C(=O)O)c(O)c1.CC1(C)CCC(C)(C)c2ccccc21. The number of carbonyl (C=O) groups excluding carboxylic acids is 1. The van der Waals surface area contributed by atoms with Crippen molar-refractivity contribution < 1.29 is 24.5 Å². The molecule has 0 saturated heterocycles. The molecule has 0 atom stereocenters. The molecule has 0 bridgehead atoms.